The van der Waals surface area contributed by atoms with Crippen LogP contribution in [0.1, 0.15) is 60.8 Å². The highest BCUT2D eigenvalue weighted by molar-refractivity contribution is 5.86. The zero-order valence-corrected chi connectivity index (χ0v) is 20.7. The summed E-state index contributed by atoms with van der Waals surface area (Å²) in [6.07, 6.45) is 3.23. The molecule has 0 unspecified atom stereocenters. The monoisotopic (exact) mass is 463 g/mol. The summed E-state index contributed by atoms with van der Waals surface area (Å²) in [5.74, 6) is -0.368. The molecule has 1 heterocycles. The van der Waals surface area contributed by atoms with Crippen LogP contribution < -0.4 is 5.32 Å². The zero-order chi connectivity index (χ0) is 25.3. The summed E-state index contributed by atoms with van der Waals surface area (Å²) in [7, 11) is 1.59. The van der Waals surface area contributed by atoms with Crippen LogP contribution in [0.4, 0.5) is 8.78 Å². The quantitative estimate of drug-likeness (QED) is 0.402. The Labute approximate surface area is 192 Å². The van der Waals surface area contributed by atoms with Gasteiger partial charge in [-0.2, -0.15) is 0 Å². The molecule has 0 bridgehead atoms. The summed E-state index contributed by atoms with van der Waals surface area (Å²) in [4.78, 5) is 35.9. The van der Waals surface area contributed by atoms with Crippen LogP contribution in [0.5, 0.6) is 0 Å². The van der Waals surface area contributed by atoms with Crippen LogP contribution in [0.25, 0.3) is 0 Å². The van der Waals surface area contributed by atoms with Gasteiger partial charge in [-0.3, -0.25) is 14.5 Å². The van der Waals surface area contributed by atoms with E-state index in [0.29, 0.717) is 6.41 Å². The summed E-state index contributed by atoms with van der Waals surface area (Å²) >= 11 is 0. The van der Waals surface area contributed by atoms with E-state index in [2.05, 4.69) is 26.1 Å². The number of carbonyl (C=O) groups excluding carboxylic acids is 2. The molecule has 1 saturated heterocycles. The van der Waals surface area contributed by atoms with E-state index in [1.54, 1.807) is 13.1 Å². The number of carbonyl (C=O) groups is 3. The van der Waals surface area contributed by atoms with Crippen molar-refractivity contribution in [2.75, 3.05) is 33.2 Å². The van der Waals surface area contributed by atoms with Gasteiger partial charge < -0.3 is 15.3 Å². The minimum atomic E-state index is -2.15. The van der Waals surface area contributed by atoms with Crippen molar-refractivity contribution >= 4 is 18.3 Å². The van der Waals surface area contributed by atoms with Crippen molar-refractivity contribution in [1.82, 2.24) is 15.1 Å². The fraction of sp³-hybridized carbons (Fsp3) is 0.783. The Morgan fingerprint density at radius 3 is 1.97 bits per heavy atom. The summed E-state index contributed by atoms with van der Waals surface area (Å²) in [5, 5.41) is 11.1. The first kappa shape index (κ1) is 32.2. The van der Waals surface area contributed by atoms with Gasteiger partial charge in [-0.15, -0.1) is 0 Å². The number of piperidine rings is 1. The minimum Gasteiger partial charge on any atom is -0.478 e. The molecule has 1 aliphatic heterocycles. The van der Waals surface area contributed by atoms with E-state index < -0.39 is 12.4 Å². The van der Waals surface area contributed by atoms with E-state index in [4.69, 9.17) is 5.11 Å². The molecule has 0 spiro atoms. The van der Waals surface area contributed by atoms with E-state index in [1.807, 2.05) is 18.7 Å². The van der Waals surface area contributed by atoms with Gasteiger partial charge in [0.2, 0.25) is 12.3 Å². The minimum absolute atomic E-state index is 0.0278. The van der Waals surface area contributed by atoms with Crippen molar-refractivity contribution in [3.05, 3.63) is 11.6 Å². The number of nitrogens with zero attached hydrogens (tertiary/aromatic N) is 2. The number of likely N-dealkylation sites (tertiary alicyclic amines) is 1. The lowest BCUT2D eigenvalue weighted by molar-refractivity contribution is -0.133. The lowest BCUT2D eigenvalue weighted by Crippen LogP contribution is -2.43. The largest absolute Gasteiger partial charge is 0.478 e. The second-order valence-electron chi connectivity index (χ2n) is 8.88. The number of carboxylic acids is 1. The number of nitrogens with one attached hydrogen (secondary N) is 1. The van der Waals surface area contributed by atoms with Crippen LogP contribution in [0.2, 0.25) is 0 Å². The van der Waals surface area contributed by atoms with Gasteiger partial charge in [0.25, 0.3) is 6.43 Å². The average molecular weight is 464 g/mol. The third kappa shape index (κ3) is 17.6. The highest BCUT2D eigenvalue weighted by Gasteiger charge is 2.21. The summed E-state index contributed by atoms with van der Waals surface area (Å²) in [6, 6.07) is -0.318. The van der Waals surface area contributed by atoms with Crippen LogP contribution in [-0.4, -0.2) is 78.9 Å². The molecule has 2 amide bonds. The third-order valence-corrected chi connectivity index (χ3v) is 4.46. The Hall–Kier alpha value is -2.03. The average Bonchev–Trinajstić information content (AvgIpc) is 2.69. The Balaban J connectivity index is 0. The first-order chi connectivity index (χ1) is 14.8. The summed E-state index contributed by atoms with van der Waals surface area (Å²) in [6.45, 7) is 13.4. The Bertz CT molecular complexity index is 561. The third-order valence-electron chi connectivity index (χ3n) is 4.46. The number of carboxylic acid groups (broad SMARTS) is 1. The van der Waals surface area contributed by atoms with Gasteiger partial charge in [-0.25, -0.2) is 13.6 Å². The topological polar surface area (TPSA) is 90.0 Å². The van der Waals surface area contributed by atoms with E-state index in [9.17, 15) is 23.2 Å². The molecule has 0 radical (unpaired) electrons. The molecule has 0 aromatic carbocycles. The number of hydrogen-bond acceptors (Lipinski definition) is 4. The molecule has 9 heteroatoms. The number of rotatable bonds is 9. The van der Waals surface area contributed by atoms with Crippen molar-refractivity contribution < 1.29 is 28.3 Å². The van der Waals surface area contributed by atoms with Crippen LogP contribution >= 0.6 is 0 Å². The van der Waals surface area contributed by atoms with Gasteiger partial charge in [-0.1, -0.05) is 47.1 Å². The Kier molecular flexibility index (Phi) is 18.6. The molecular formula is C23H43F2N3O4. The highest BCUT2D eigenvalue weighted by atomic mass is 19.3. The maximum atomic E-state index is 11.8. The molecule has 1 rings (SSSR count). The number of alkyl halides is 2. The molecule has 32 heavy (non-hydrogen) atoms. The maximum absolute atomic E-state index is 11.8. The molecule has 1 aliphatic rings. The van der Waals surface area contributed by atoms with Gasteiger partial charge in [0.05, 0.1) is 19.1 Å². The number of halogens is 2. The van der Waals surface area contributed by atoms with Crippen molar-refractivity contribution in [2.24, 2.45) is 11.8 Å². The number of amides is 2. The standard InChI is InChI=1S/C12H20N2O4.C7H13F2N.C4H10/c1-8(2)10(5-9(3)12(17)18)14(4)11(16)6-13-7-15;8-7(9)6-10-4-2-1-3-5-10;1-4(2)3/h5,7-8,10H,6H2,1-4H3,(H,13,15)(H,17,18);7H,1-6H2;4H,1-3H3/b9-5+;;/t10-;;/m1../s1. The van der Waals surface area contributed by atoms with Crippen LogP contribution in [0, 0.1) is 11.8 Å². The van der Waals surface area contributed by atoms with Crippen molar-refractivity contribution in [3.63, 3.8) is 0 Å². The van der Waals surface area contributed by atoms with Gasteiger partial charge in [-0.05, 0) is 44.7 Å². The van der Waals surface area contributed by atoms with Crippen molar-refractivity contribution in [1.29, 1.82) is 0 Å². The summed E-state index contributed by atoms with van der Waals surface area (Å²) in [5.41, 5.74) is 0.191. The molecule has 188 valence electrons. The van der Waals surface area contributed by atoms with Crippen LogP contribution in [-0.2, 0) is 14.4 Å². The van der Waals surface area contributed by atoms with Gasteiger partial charge in [0, 0.05) is 12.6 Å². The predicted octanol–water partition coefficient (Wildman–Crippen LogP) is 3.65. The zero-order valence-electron chi connectivity index (χ0n) is 20.7. The first-order valence-electron chi connectivity index (χ1n) is 11.2. The fourth-order valence-electron chi connectivity index (χ4n) is 2.84. The van der Waals surface area contributed by atoms with Crippen LogP contribution in [0.15, 0.2) is 11.6 Å². The van der Waals surface area contributed by atoms with E-state index >= 15 is 0 Å². The molecule has 0 aromatic heterocycles. The lowest BCUT2D eigenvalue weighted by atomic mass is 10.00. The van der Waals surface area contributed by atoms with Gasteiger partial charge >= 0.3 is 5.97 Å². The second-order valence-corrected chi connectivity index (χ2v) is 8.88. The smallest absolute Gasteiger partial charge is 0.331 e. The van der Waals surface area contributed by atoms with E-state index in [0.717, 1.165) is 31.8 Å². The Morgan fingerprint density at radius 1 is 1.09 bits per heavy atom. The molecular weight excluding hydrogens is 420 g/mol. The SMILES string of the molecule is C/C(=C\[C@H](C(C)C)N(C)C(=O)CNC=O)C(=O)O.CC(C)C.FC(F)CN1CCCCC1. The Morgan fingerprint density at radius 2 is 1.59 bits per heavy atom. The molecule has 0 saturated carbocycles. The predicted molar refractivity (Wildman–Crippen MR) is 124 cm³/mol. The molecule has 2 N–H and O–H groups in total. The number of aliphatic carboxylic acids is 1. The second kappa shape index (κ2) is 18.5. The first-order valence-corrected chi connectivity index (χ1v) is 11.2. The molecule has 7 nitrogen and oxygen atoms in total. The van der Waals surface area contributed by atoms with Crippen LogP contribution in [0.3, 0.4) is 0 Å². The van der Waals surface area contributed by atoms with E-state index in [1.165, 1.54) is 18.2 Å². The van der Waals surface area contributed by atoms with Crippen molar-refractivity contribution in [2.45, 2.75) is 73.3 Å². The number of likely N-dealkylation sites (N-methyl/N-ethyl adjacent to an activating group) is 1. The molecule has 1 atom stereocenters. The molecule has 0 aliphatic carbocycles. The fourth-order valence-corrected chi connectivity index (χ4v) is 2.84. The molecule has 1 fully saturated rings. The summed E-state index contributed by atoms with van der Waals surface area (Å²) < 4.78 is 23.6. The van der Waals surface area contributed by atoms with E-state index in [-0.39, 0.29) is 36.5 Å². The maximum Gasteiger partial charge on any atom is 0.331 e. The number of hydrogen-bond donors (Lipinski definition) is 2. The van der Waals surface area contributed by atoms with Crippen molar-refractivity contribution in [3.8, 4) is 0 Å². The highest BCUT2D eigenvalue weighted by Crippen LogP contribution is 2.13. The van der Waals surface area contributed by atoms with Gasteiger partial charge in [0.1, 0.15) is 0 Å². The lowest BCUT2D eigenvalue weighted by Gasteiger charge is -2.29. The van der Waals surface area contributed by atoms with Gasteiger partial charge in [0.15, 0.2) is 0 Å². The molecule has 0 aromatic rings. The normalized spacial score (nSPS) is 15.3.